The lowest BCUT2D eigenvalue weighted by Gasteiger charge is -2.29. The van der Waals surface area contributed by atoms with Gasteiger partial charge < -0.3 is 9.88 Å². The Labute approximate surface area is 142 Å². The molecule has 0 radical (unpaired) electrons. The Balaban J connectivity index is 1.37. The number of hydrogen-bond acceptors (Lipinski definition) is 3. The minimum atomic E-state index is 0.00869. The Morgan fingerprint density at radius 2 is 2.12 bits per heavy atom. The van der Waals surface area contributed by atoms with Crippen LogP contribution in [0, 0.1) is 0 Å². The Kier molecular flexibility index (Phi) is 4.34. The highest BCUT2D eigenvalue weighted by Gasteiger charge is 2.32. The van der Waals surface area contributed by atoms with Crippen molar-refractivity contribution in [1.82, 2.24) is 19.8 Å². The maximum absolute atomic E-state index is 12.8. The third kappa shape index (κ3) is 3.22. The van der Waals surface area contributed by atoms with Crippen LogP contribution in [0.3, 0.4) is 0 Å². The van der Waals surface area contributed by atoms with Gasteiger partial charge in [-0.15, -0.1) is 0 Å². The van der Waals surface area contributed by atoms with Crippen LogP contribution in [-0.4, -0.2) is 39.0 Å². The largest absolute Gasteiger partial charge is 0.350 e. The first kappa shape index (κ1) is 15.4. The third-order valence-electron chi connectivity index (χ3n) is 5.18. The Hall–Kier alpha value is -2.14. The smallest absolute Gasteiger partial charge is 0.237 e. The van der Waals surface area contributed by atoms with Crippen LogP contribution in [0.1, 0.15) is 30.7 Å². The van der Waals surface area contributed by atoms with Gasteiger partial charge in [-0.3, -0.25) is 9.69 Å². The Morgan fingerprint density at radius 3 is 3.00 bits per heavy atom. The number of benzene rings is 1. The summed E-state index contributed by atoms with van der Waals surface area (Å²) in [7, 11) is 0. The van der Waals surface area contributed by atoms with Gasteiger partial charge in [0.15, 0.2) is 0 Å². The number of aryl methyl sites for hydroxylation is 1. The second kappa shape index (κ2) is 6.77. The number of likely N-dealkylation sites (tertiary alicyclic amines) is 1. The summed E-state index contributed by atoms with van der Waals surface area (Å²) in [5.74, 6) is 1.32. The van der Waals surface area contributed by atoms with Crippen molar-refractivity contribution in [3.8, 4) is 0 Å². The lowest BCUT2D eigenvalue weighted by molar-refractivity contribution is -0.126. The van der Waals surface area contributed by atoms with Crippen LogP contribution in [0.2, 0.25) is 0 Å². The molecule has 2 aliphatic heterocycles. The first-order valence-corrected chi connectivity index (χ1v) is 8.88. The Morgan fingerprint density at radius 1 is 1.25 bits per heavy atom. The molecule has 3 heterocycles. The normalized spacial score (nSPS) is 23.8. The molecule has 4 rings (SSSR count). The van der Waals surface area contributed by atoms with E-state index in [2.05, 4.69) is 44.0 Å². The van der Waals surface area contributed by atoms with Crippen molar-refractivity contribution in [3.05, 3.63) is 54.1 Å². The minimum Gasteiger partial charge on any atom is -0.350 e. The highest BCUT2D eigenvalue weighted by Crippen LogP contribution is 2.21. The van der Waals surface area contributed by atoms with Crippen molar-refractivity contribution in [2.24, 2.45) is 0 Å². The monoisotopic (exact) mass is 324 g/mol. The van der Waals surface area contributed by atoms with Crippen LogP contribution in [-0.2, 0) is 24.3 Å². The molecule has 0 saturated carbocycles. The first-order valence-electron chi connectivity index (χ1n) is 8.88. The van der Waals surface area contributed by atoms with E-state index in [-0.39, 0.29) is 18.0 Å². The SMILES string of the molecule is O=C(NC1CCc2nccn2C1)C1CCCN1Cc1ccccc1. The molecule has 1 saturated heterocycles. The standard InChI is InChI=1S/C19H24N4O/c24-19(21-16-8-9-18-20-10-12-23(18)14-16)17-7-4-11-22(17)13-15-5-2-1-3-6-15/h1-3,5-6,10,12,16-17H,4,7-9,11,13-14H2,(H,21,24). The number of carbonyl (C=O) groups excluding carboxylic acids is 1. The van der Waals surface area contributed by atoms with Crippen LogP contribution < -0.4 is 5.32 Å². The lowest BCUT2D eigenvalue weighted by Crippen LogP contribution is -2.49. The van der Waals surface area contributed by atoms with Gasteiger partial charge in [-0.05, 0) is 31.4 Å². The number of carbonyl (C=O) groups is 1. The predicted octanol–water partition coefficient (Wildman–Crippen LogP) is 1.98. The molecule has 24 heavy (non-hydrogen) atoms. The molecule has 5 heteroatoms. The van der Waals surface area contributed by atoms with Crippen LogP contribution in [0.15, 0.2) is 42.7 Å². The number of aromatic nitrogens is 2. The summed E-state index contributed by atoms with van der Waals surface area (Å²) in [6.07, 6.45) is 7.83. The molecule has 0 bridgehead atoms. The van der Waals surface area contributed by atoms with E-state index in [0.717, 1.165) is 51.1 Å². The molecule has 5 nitrogen and oxygen atoms in total. The van der Waals surface area contributed by atoms with Gasteiger partial charge in [0.1, 0.15) is 5.82 Å². The zero-order valence-corrected chi connectivity index (χ0v) is 13.9. The highest BCUT2D eigenvalue weighted by atomic mass is 16.2. The zero-order chi connectivity index (χ0) is 16.4. The van der Waals surface area contributed by atoms with Gasteiger partial charge >= 0.3 is 0 Å². The predicted molar refractivity (Wildman–Crippen MR) is 92.4 cm³/mol. The fourth-order valence-corrected chi connectivity index (χ4v) is 3.91. The van der Waals surface area contributed by atoms with Crippen molar-refractivity contribution in [1.29, 1.82) is 0 Å². The van der Waals surface area contributed by atoms with Crippen molar-refractivity contribution < 1.29 is 4.79 Å². The van der Waals surface area contributed by atoms with Gasteiger partial charge in [-0.2, -0.15) is 0 Å². The molecule has 1 amide bonds. The number of nitrogens with zero attached hydrogens (tertiary/aromatic N) is 3. The second-order valence-corrected chi connectivity index (χ2v) is 6.85. The molecule has 2 unspecified atom stereocenters. The van der Waals surface area contributed by atoms with Gasteiger partial charge in [0.2, 0.25) is 5.91 Å². The maximum atomic E-state index is 12.8. The van der Waals surface area contributed by atoms with Gasteiger partial charge in [0.25, 0.3) is 0 Å². The molecule has 0 aliphatic carbocycles. The third-order valence-corrected chi connectivity index (χ3v) is 5.18. The second-order valence-electron chi connectivity index (χ2n) is 6.85. The van der Waals surface area contributed by atoms with Crippen LogP contribution >= 0.6 is 0 Å². The van der Waals surface area contributed by atoms with Crippen molar-refractivity contribution in [2.75, 3.05) is 6.54 Å². The average Bonchev–Trinajstić information content (AvgIpc) is 3.24. The molecule has 1 aromatic carbocycles. The topological polar surface area (TPSA) is 50.2 Å². The summed E-state index contributed by atoms with van der Waals surface area (Å²) >= 11 is 0. The number of imidazole rings is 1. The first-order chi connectivity index (χ1) is 11.8. The number of fused-ring (bicyclic) bond motifs is 1. The summed E-state index contributed by atoms with van der Waals surface area (Å²) in [4.78, 5) is 19.5. The van der Waals surface area contributed by atoms with Crippen molar-refractivity contribution in [2.45, 2.75) is 50.9 Å². The summed E-state index contributed by atoms with van der Waals surface area (Å²) in [6.45, 7) is 2.70. The van der Waals surface area contributed by atoms with E-state index in [1.54, 1.807) is 0 Å². The molecule has 2 atom stereocenters. The summed E-state index contributed by atoms with van der Waals surface area (Å²) in [6, 6.07) is 10.7. The average molecular weight is 324 g/mol. The van der Waals surface area contributed by atoms with Gasteiger partial charge in [-0.25, -0.2) is 4.98 Å². The van der Waals surface area contributed by atoms with Gasteiger partial charge in [0.05, 0.1) is 6.04 Å². The molecular formula is C19H24N4O. The van der Waals surface area contributed by atoms with E-state index in [4.69, 9.17) is 0 Å². The highest BCUT2D eigenvalue weighted by molar-refractivity contribution is 5.82. The fraction of sp³-hybridized carbons (Fsp3) is 0.474. The van der Waals surface area contributed by atoms with Gasteiger partial charge in [0, 0.05) is 37.9 Å². The summed E-state index contributed by atoms with van der Waals surface area (Å²) < 4.78 is 2.16. The molecule has 126 valence electrons. The number of hydrogen-bond donors (Lipinski definition) is 1. The molecule has 1 N–H and O–H groups in total. The van der Waals surface area contributed by atoms with Crippen LogP contribution in [0.5, 0.6) is 0 Å². The van der Waals surface area contributed by atoms with Crippen LogP contribution in [0.25, 0.3) is 0 Å². The fourth-order valence-electron chi connectivity index (χ4n) is 3.91. The molecule has 0 spiro atoms. The van der Waals surface area contributed by atoms with E-state index in [1.807, 2.05) is 18.5 Å². The summed E-state index contributed by atoms with van der Waals surface area (Å²) in [5, 5.41) is 3.28. The number of rotatable bonds is 4. The molecular weight excluding hydrogens is 300 g/mol. The van der Waals surface area contributed by atoms with Crippen LogP contribution in [0.4, 0.5) is 0 Å². The lowest BCUT2D eigenvalue weighted by atomic mass is 10.1. The van der Waals surface area contributed by atoms with E-state index in [0.29, 0.717) is 0 Å². The minimum absolute atomic E-state index is 0.00869. The summed E-state index contributed by atoms with van der Waals surface area (Å²) in [5.41, 5.74) is 1.28. The van der Waals surface area contributed by atoms with E-state index >= 15 is 0 Å². The Bertz CT molecular complexity index is 696. The zero-order valence-electron chi connectivity index (χ0n) is 13.9. The van der Waals surface area contributed by atoms with E-state index in [1.165, 1.54) is 5.56 Å². The number of nitrogens with one attached hydrogen (secondary N) is 1. The molecule has 1 aromatic heterocycles. The van der Waals surface area contributed by atoms with E-state index in [9.17, 15) is 4.79 Å². The van der Waals surface area contributed by atoms with Gasteiger partial charge in [-0.1, -0.05) is 30.3 Å². The van der Waals surface area contributed by atoms with Crippen molar-refractivity contribution >= 4 is 5.91 Å². The molecule has 2 aliphatic rings. The number of amides is 1. The van der Waals surface area contributed by atoms with Crippen molar-refractivity contribution in [3.63, 3.8) is 0 Å². The molecule has 1 fully saturated rings. The quantitative estimate of drug-likeness (QED) is 0.935. The van der Waals surface area contributed by atoms with E-state index < -0.39 is 0 Å². The maximum Gasteiger partial charge on any atom is 0.237 e. The molecule has 2 aromatic rings.